The van der Waals surface area contributed by atoms with Crippen LogP contribution in [0.25, 0.3) is 0 Å². The van der Waals surface area contributed by atoms with E-state index in [0.29, 0.717) is 10.7 Å². The third kappa shape index (κ3) is 7.01. The quantitative estimate of drug-likeness (QED) is 0.337. The normalized spacial score (nSPS) is 18.0. The molecule has 3 amide bonds. The molecule has 1 aliphatic rings. The Balaban J connectivity index is 1.68. The number of hydrogen-bond acceptors (Lipinski definition) is 6. The predicted molar refractivity (Wildman–Crippen MR) is 158 cm³/mol. The largest absolute Gasteiger partial charge is 0.486 e. The fraction of sp³-hybridized carbons (Fsp3) is 0.310. The molecule has 3 aromatic carbocycles. The van der Waals surface area contributed by atoms with Crippen LogP contribution in [0, 0.1) is 11.7 Å². The number of fused-ring (bicyclic) bond motifs is 1. The molecule has 10 nitrogen and oxygen atoms in total. The summed E-state index contributed by atoms with van der Waals surface area (Å²) in [6.07, 6.45) is -0.763. The molecule has 0 radical (unpaired) electrons. The number of anilines is 2. The van der Waals surface area contributed by atoms with Crippen molar-refractivity contribution in [2.45, 2.75) is 30.9 Å². The smallest absolute Gasteiger partial charge is 0.323 e. The summed E-state index contributed by atoms with van der Waals surface area (Å²) in [5.74, 6) is -1.20. The molecule has 3 aromatic rings. The van der Waals surface area contributed by atoms with Crippen molar-refractivity contribution in [3.8, 4) is 5.75 Å². The standard InChI is InChI=1S/C29H32ClFN4O6S/c1-18-15-35(19(2)17-36)28(37)24-5-4-6-25(33-29(38)32-22-11-9-21(31)10-12-22)27(24)41-26(18)16-34(3)42(39,40)23-13-7-20(30)8-14-23/h4-14,18-19,26,36H,15-17H2,1-3H3,(H2,32,33,38)/t18-,19-,26+/m0/s1. The van der Waals surface area contributed by atoms with Gasteiger partial charge in [0.1, 0.15) is 11.9 Å². The first-order chi connectivity index (χ1) is 19.9. The molecule has 0 saturated carbocycles. The number of rotatable bonds is 8. The van der Waals surface area contributed by atoms with Crippen LogP contribution in [-0.2, 0) is 10.0 Å². The van der Waals surface area contributed by atoms with E-state index in [2.05, 4.69) is 10.6 Å². The Morgan fingerprint density at radius 3 is 2.45 bits per heavy atom. The number of amides is 3. The number of likely N-dealkylation sites (N-methyl/N-ethyl adjacent to an activating group) is 1. The summed E-state index contributed by atoms with van der Waals surface area (Å²) in [4.78, 5) is 28.1. The number of aliphatic hydroxyl groups excluding tert-OH is 1. The topological polar surface area (TPSA) is 128 Å². The van der Waals surface area contributed by atoms with Crippen molar-refractivity contribution in [3.05, 3.63) is 83.1 Å². The molecule has 0 saturated heterocycles. The third-order valence-electron chi connectivity index (χ3n) is 7.00. The van der Waals surface area contributed by atoms with Gasteiger partial charge in [-0.15, -0.1) is 0 Å². The lowest BCUT2D eigenvalue weighted by molar-refractivity contribution is 0.0389. The van der Waals surface area contributed by atoms with Crippen LogP contribution in [0.1, 0.15) is 24.2 Å². The molecule has 1 aliphatic heterocycles. The fourth-order valence-electron chi connectivity index (χ4n) is 4.52. The van der Waals surface area contributed by atoms with Crippen molar-refractivity contribution < 1.29 is 32.2 Å². The second kappa shape index (κ2) is 13.1. The van der Waals surface area contributed by atoms with Crippen LogP contribution in [0.15, 0.2) is 71.6 Å². The molecule has 0 aromatic heterocycles. The van der Waals surface area contributed by atoms with Gasteiger partial charge < -0.3 is 25.4 Å². The zero-order valence-electron chi connectivity index (χ0n) is 23.3. The van der Waals surface area contributed by atoms with Gasteiger partial charge in [0.05, 0.1) is 35.3 Å². The van der Waals surface area contributed by atoms with E-state index >= 15 is 0 Å². The zero-order valence-corrected chi connectivity index (χ0v) is 24.8. The van der Waals surface area contributed by atoms with Crippen LogP contribution in [0.3, 0.4) is 0 Å². The number of aliphatic hydroxyl groups is 1. The highest BCUT2D eigenvalue weighted by atomic mass is 35.5. The number of hydrogen-bond donors (Lipinski definition) is 3. The first-order valence-electron chi connectivity index (χ1n) is 13.2. The molecule has 0 unspecified atom stereocenters. The number of halogens is 2. The van der Waals surface area contributed by atoms with Crippen LogP contribution in [0.5, 0.6) is 5.75 Å². The van der Waals surface area contributed by atoms with Crippen molar-refractivity contribution >= 4 is 44.9 Å². The Hall–Kier alpha value is -3.71. The van der Waals surface area contributed by atoms with E-state index in [4.69, 9.17) is 16.3 Å². The van der Waals surface area contributed by atoms with Crippen molar-refractivity contribution in [3.63, 3.8) is 0 Å². The summed E-state index contributed by atoms with van der Waals surface area (Å²) in [6, 6.07) is 14.5. The molecule has 1 heterocycles. The van der Waals surface area contributed by atoms with E-state index in [1.54, 1.807) is 25.1 Å². The lowest BCUT2D eigenvalue weighted by atomic mass is 9.99. The third-order valence-corrected chi connectivity index (χ3v) is 9.09. The first kappa shape index (κ1) is 31.2. The number of carbonyl (C=O) groups is 2. The van der Waals surface area contributed by atoms with Crippen LogP contribution >= 0.6 is 11.6 Å². The maximum atomic E-state index is 13.7. The summed E-state index contributed by atoms with van der Waals surface area (Å²) in [5.41, 5.74) is 0.641. The Morgan fingerprint density at radius 1 is 1.14 bits per heavy atom. The molecule has 4 rings (SSSR count). The second-order valence-corrected chi connectivity index (χ2v) is 12.6. The molecule has 224 valence electrons. The van der Waals surface area contributed by atoms with Gasteiger partial charge in [0.15, 0.2) is 5.75 Å². The zero-order chi connectivity index (χ0) is 30.6. The summed E-state index contributed by atoms with van der Waals surface area (Å²) in [5, 5.41) is 15.6. The highest BCUT2D eigenvalue weighted by molar-refractivity contribution is 7.89. The van der Waals surface area contributed by atoms with Gasteiger partial charge in [-0.2, -0.15) is 4.31 Å². The van der Waals surface area contributed by atoms with Gasteiger partial charge >= 0.3 is 6.03 Å². The number of urea groups is 1. The minimum Gasteiger partial charge on any atom is -0.486 e. The van der Waals surface area contributed by atoms with E-state index < -0.39 is 39.9 Å². The molecule has 13 heteroatoms. The van der Waals surface area contributed by atoms with Crippen molar-refractivity contribution in [2.75, 3.05) is 37.4 Å². The molecular weight excluding hydrogens is 587 g/mol. The highest BCUT2D eigenvalue weighted by Gasteiger charge is 2.36. The molecule has 0 spiro atoms. The van der Waals surface area contributed by atoms with Gasteiger partial charge in [-0.25, -0.2) is 17.6 Å². The second-order valence-electron chi connectivity index (χ2n) is 10.1. The van der Waals surface area contributed by atoms with Gasteiger partial charge in [0, 0.05) is 30.2 Å². The Morgan fingerprint density at radius 2 is 1.81 bits per heavy atom. The lowest BCUT2D eigenvalue weighted by Crippen LogP contribution is -2.50. The summed E-state index contributed by atoms with van der Waals surface area (Å²) in [7, 11) is -2.49. The molecular formula is C29H32ClFN4O6S. The maximum absolute atomic E-state index is 13.7. The number of nitrogens with zero attached hydrogens (tertiary/aromatic N) is 2. The Bertz CT molecular complexity index is 1540. The van der Waals surface area contributed by atoms with E-state index in [9.17, 15) is 27.5 Å². The van der Waals surface area contributed by atoms with Crippen LogP contribution in [-0.4, -0.2) is 73.6 Å². The molecule has 0 aliphatic carbocycles. The van der Waals surface area contributed by atoms with E-state index in [0.717, 1.165) is 4.31 Å². The Labute approximate surface area is 249 Å². The predicted octanol–water partition coefficient (Wildman–Crippen LogP) is 4.66. The number of ether oxygens (including phenoxy) is 1. The average molecular weight is 619 g/mol. The number of para-hydroxylation sites is 1. The molecule has 3 N–H and O–H groups in total. The van der Waals surface area contributed by atoms with Gasteiger partial charge in [0.25, 0.3) is 5.91 Å². The summed E-state index contributed by atoms with van der Waals surface area (Å²) >= 11 is 5.93. The SMILES string of the molecule is C[C@H]1CN([C@@H](C)CO)C(=O)c2cccc(NC(=O)Nc3ccc(F)cc3)c2O[C@@H]1CN(C)S(=O)(=O)c1ccc(Cl)cc1. The van der Waals surface area contributed by atoms with Gasteiger partial charge in [-0.1, -0.05) is 24.6 Å². The Kier molecular flexibility index (Phi) is 9.72. The summed E-state index contributed by atoms with van der Waals surface area (Å²) < 4.78 is 47.5. The average Bonchev–Trinajstić information content (AvgIpc) is 2.96. The van der Waals surface area contributed by atoms with Gasteiger partial charge in [-0.05, 0) is 67.6 Å². The highest BCUT2D eigenvalue weighted by Crippen LogP contribution is 2.35. The number of nitrogens with one attached hydrogen (secondary N) is 2. The van der Waals surface area contributed by atoms with E-state index in [1.165, 1.54) is 60.5 Å². The number of carbonyl (C=O) groups excluding carboxylic acids is 2. The maximum Gasteiger partial charge on any atom is 0.323 e. The van der Waals surface area contributed by atoms with Crippen molar-refractivity contribution in [1.29, 1.82) is 0 Å². The minimum absolute atomic E-state index is 0.0545. The monoisotopic (exact) mass is 618 g/mol. The number of benzene rings is 3. The van der Waals surface area contributed by atoms with E-state index in [1.807, 2.05) is 6.92 Å². The van der Waals surface area contributed by atoms with E-state index in [-0.39, 0.29) is 47.5 Å². The lowest BCUT2D eigenvalue weighted by Gasteiger charge is -2.38. The van der Waals surface area contributed by atoms with Crippen LogP contribution in [0.2, 0.25) is 5.02 Å². The molecule has 0 bridgehead atoms. The molecule has 42 heavy (non-hydrogen) atoms. The number of sulfonamides is 1. The van der Waals surface area contributed by atoms with Crippen molar-refractivity contribution in [2.24, 2.45) is 5.92 Å². The minimum atomic E-state index is -3.92. The first-order valence-corrected chi connectivity index (χ1v) is 15.0. The van der Waals surface area contributed by atoms with Crippen LogP contribution < -0.4 is 15.4 Å². The molecule has 3 atom stereocenters. The fourth-order valence-corrected chi connectivity index (χ4v) is 5.82. The van der Waals surface area contributed by atoms with Crippen molar-refractivity contribution in [1.82, 2.24) is 9.21 Å². The van der Waals surface area contributed by atoms with Crippen LogP contribution in [0.4, 0.5) is 20.6 Å². The van der Waals surface area contributed by atoms with Gasteiger partial charge in [0.2, 0.25) is 10.0 Å². The van der Waals surface area contributed by atoms with Gasteiger partial charge in [-0.3, -0.25) is 4.79 Å². The molecule has 0 fully saturated rings. The summed E-state index contributed by atoms with van der Waals surface area (Å²) in [6.45, 7) is 3.33.